The fourth-order valence-corrected chi connectivity index (χ4v) is 4.95. The number of nitrogens with zero attached hydrogens (tertiary/aromatic N) is 3. The predicted octanol–water partition coefficient (Wildman–Crippen LogP) is 1.33. The summed E-state index contributed by atoms with van der Waals surface area (Å²) in [5.41, 5.74) is 2.21. The molecule has 4 amide bonds. The Hall–Kier alpha value is -3.56. The van der Waals surface area contributed by atoms with E-state index in [1.807, 2.05) is 0 Å². The van der Waals surface area contributed by atoms with Crippen LogP contribution >= 0.6 is 0 Å². The van der Waals surface area contributed by atoms with Crippen LogP contribution in [0.4, 0.5) is 4.39 Å². The van der Waals surface area contributed by atoms with Gasteiger partial charge in [0, 0.05) is 31.6 Å². The minimum Gasteiger partial charge on any atom is -0.341 e. The molecule has 0 aliphatic carbocycles. The number of imidazole rings is 1. The molecule has 0 bridgehead atoms. The molecule has 0 saturated carbocycles. The molecule has 5 rings (SSSR count). The van der Waals surface area contributed by atoms with E-state index in [0.29, 0.717) is 31.6 Å². The van der Waals surface area contributed by atoms with Crippen molar-refractivity contribution in [3.63, 3.8) is 0 Å². The number of amides is 4. The lowest BCUT2D eigenvalue weighted by Gasteiger charge is -2.33. The van der Waals surface area contributed by atoms with Gasteiger partial charge in [-0.05, 0) is 48.4 Å². The number of halogens is 1. The van der Waals surface area contributed by atoms with E-state index in [2.05, 4.69) is 15.3 Å². The molecule has 32 heavy (non-hydrogen) atoms. The molecule has 166 valence electrons. The second-order valence-corrected chi connectivity index (χ2v) is 8.45. The van der Waals surface area contributed by atoms with Gasteiger partial charge in [0.1, 0.15) is 17.6 Å². The normalized spacial score (nSPS) is 21.7. The number of H-pyrrole nitrogens is 1. The molecule has 9 nitrogen and oxygen atoms in total. The molecule has 3 aliphatic heterocycles. The highest BCUT2D eigenvalue weighted by Gasteiger charge is 2.41. The summed E-state index contributed by atoms with van der Waals surface area (Å²) in [5, 5.41) is 2.28. The van der Waals surface area contributed by atoms with E-state index in [0.717, 1.165) is 11.1 Å². The van der Waals surface area contributed by atoms with Crippen molar-refractivity contribution in [2.45, 2.75) is 44.2 Å². The molecule has 1 aromatic heterocycles. The Bertz CT molecular complexity index is 1110. The Balaban J connectivity index is 1.35. The molecule has 2 N–H and O–H groups in total. The van der Waals surface area contributed by atoms with Gasteiger partial charge in [0.15, 0.2) is 0 Å². The topological polar surface area (TPSA) is 115 Å². The SMILES string of the molecule is O=C1CCC(N2Cc3c(cc(F)cc3C3CCN(C(=O)c4cnc[nH]4)CC3)C2=O)C(=O)N1. The van der Waals surface area contributed by atoms with E-state index in [1.165, 1.54) is 29.6 Å². The average Bonchev–Trinajstić information content (AvgIpc) is 3.42. The zero-order valence-electron chi connectivity index (χ0n) is 17.3. The predicted molar refractivity (Wildman–Crippen MR) is 109 cm³/mol. The average molecular weight is 439 g/mol. The van der Waals surface area contributed by atoms with E-state index < -0.39 is 17.8 Å². The number of fused-ring (bicyclic) bond motifs is 1. The van der Waals surface area contributed by atoms with Crippen LogP contribution in [0.15, 0.2) is 24.7 Å². The van der Waals surface area contributed by atoms with Gasteiger partial charge in [0.25, 0.3) is 11.8 Å². The van der Waals surface area contributed by atoms with Crippen molar-refractivity contribution >= 4 is 23.6 Å². The van der Waals surface area contributed by atoms with E-state index in [1.54, 1.807) is 4.90 Å². The lowest BCUT2D eigenvalue weighted by Crippen LogP contribution is -2.52. The summed E-state index contributed by atoms with van der Waals surface area (Å²) in [6.07, 6.45) is 4.66. The number of hydrogen-bond donors (Lipinski definition) is 2. The van der Waals surface area contributed by atoms with Gasteiger partial charge < -0.3 is 14.8 Å². The summed E-state index contributed by atoms with van der Waals surface area (Å²) in [5.74, 6) is -1.84. The van der Waals surface area contributed by atoms with E-state index in [4.69, 9.17) is 0 Å². The number of aromatic amines is 1. The third kappa shape index (κ3) is 3.45. The van der Waals surface area contributed by atoms with Crippen LogP contribution < -0.4 is 5.32 Å². The number of hydrogen-bond acceptors (Lipinski definition) is 5. The van der Waals surface area contributed by atoms with Crippen LogP contribution in [0.25, 0.3) is 0 Å². The van der Waals surface area contributed by atoms with Crippen molar-refractivity contribution < 1.29 is 23.6 Å². The first-order valence-corrected chi connectivity index (χ1v) is 10.7. The van der Waals surface area contributed by atoms with Crippen LogP contribution in [0.1, 0.15) is 63.6 Å². The molecule has 1 unspecified atom stereocenters. The molecule has 3 aliphatic rings. The van der Waals surface area contributed by atoms with Gasteiger partial charge in [-0.1, -0.05) is 0 Å². The van der Waals surface area contributed by atoms with E-state index in [-0.39, 0.29) is 48.6 Å². The first kappa shape index (κ1) is 20.3. The molecule has 1 atom stereocenters. The molecule has 0 spiro atoms. The van der Waals surface area contributed by atoms with Crippen molar-refractivity contribution in [2.24, 2.45) is 0 Å². The van der Waals surface area contributed by atoms with Crippen molar-refractivity contribution in [3.05, 3.63) is 52.9 Å². The van der Waals surface area contributed by atoms with Crippen molar-refractivity contribution in [1.29, 1.82) is 0 Å². The molecule has 1 aromatic carbocycles. The third-order valence-corrected chi connectivity index (χ3v) is 6.61. The first-order valence-electron chi connectivity index (χ1n) is 10.7. The maximum atomic E-state index is 14.5. The van der Waals surface area contributed by atoms with Gasteiger partial charge >= 0.3 is 0 Å². The van der Waals surface area contributed by atoms with Gasteiger partial charge in [-0.15, -0.1) is 0 Å². The highest BCUT2D eigenvalue weighted by molar-refractivity contribution is 6.05. The highest BCUT2D eigenvalue weighted by Crippen LogP contribution is 2.37. The zero-order valence-corrected chi connectivity index (χ0v) is 17.3. The minimum atomic E-state index is -0.739. The molecule has 2 aromatic rings. The third-order valence-electron chi connectivity index (χ3n) is 6.61. The summed E-state index contributed by atoms with van der Waals surface area (Å²) >= 11 is 0. The molecule has 2 saturated heterocycles. The second kappa shape index (κ2) is 7.85. The number of piperidine rings is 2. The summed E-state index contributed by atoms with van der Waals surface area (Å²) in [6, 6.07) is 1.96. The maximum absolute atomic E-state index is 14.5. The van der Waals surface area contributed by atoms with Crippen LogP contribution in [0.3, 0.4) is 0 Å². The smallest absolute Gasteiger partial charge is 0.271 e. The van der Waals surface area contributed by atoms with Crippen LogP contribution in [0.2, 0.25) is 0 Å². The Morgan fingerprint density at radius 3 is 2.59 bits per heavy atom. The van der Waals surface area contributed by atoms with Crippen molar-refractivity contribution in [2.75, 3.05) is 13.1 Å². The number of carbonyl (C=O) groups excluding carboxylic acids is 4. The minimum absolute atomic E-state index is 0.000206. The number of carbonyl (C=O) groups is 4. The first-order chi connectivity index (χ1) is 15.4. The number of imide groups is 1. The number of aromatic nitrogens is 2. The standard InChI is InChI=1S/C22H22FN5O4/c23-13-7-14(12-3-5-27(6-4-12)22(32)17-9-24-11-25-17)16-10-28(21(31)15(16)8-13)18-1-2-19(29)26-20(18)30/h7-9,11-12,18H,1-6,10H2,(H,24,25)(H,26,29,30). The van der Waals surface area contributed by atoms with Crippen molar-refractivity contribution in [1.82, 2.24) is 25.1 Å². The highest BCUT2D eigenvalue weighted by atomic mass is 19.1. The molecule has 2 fully saturated rings. The summed E-state index contributed by atoms with van der Waals surface area (Å²) < 4.78 is 14.5. The Kier molecular flexibility index (Phi) is 4.99. The summed E-state index contributed by atoms with van der Waals surface area (Å²) in [7, 11) is 0. The van der Waals surface area contributed by atoms with Gasteiger partial charge in [0.05, 0.1) is 12.5 Å². The van der Waals surface area contributed by atoms with Crippen LogP contribution in [-0.4, -0.2) is 62.5 Å². The largest absolute Gasteiger partial charge is 0.341 e. The zero-order chi connectivity index (χ0) is 22.4. The molecule has 0 radical (unpaired) electrons. The molecule has 4 heterocycles. The fraction of sp³-hybridized carbons (Fsp3) is 0.409. The van der Waals surface area contributed by atoms with Gasteiger partial charge in [-0.3, -0.25) is 24.5 Å². The van der Waals surface area contributed by atoms with E-state index >= 15 is 0 Å². The quantitative estimate of drug-likeness (QED) is 0.700. The van der Waals surface area contributed by atoms with E-state index in [9.17, 15) is 23.6 Å². The van der Waals surface area contributed by atoms with Gasteiger partial charge in [-0.25, -0.2) is 9.37 Å². The molecule has 10 heteroatoms. The number of likely N-dealkylation sites (tertiary alicyclic amines) is 1. The fourth-order valence-electron chi connectivity index (χ4n) is 4.95. The summed E-state index contributed by atoms with van der Waals surface area (Å²) in [4.78, 5) is 59.2. The Morgan fingerprint density at radius 1 is 1.12 bits per heavy atom. The number of nitrogens with one attached hydrogen (secondary N) is 2. The van der Waals surface area contributed by atoms with Crippen LogP contribution in [0.5, 0.6) is 0 Å². The van der Waals surface area contributed by atoms with Gasteiger partial charge in [-0.2, -0.15) is 0 Å². The lowest BCUT2D eigenvalue weighted by atomic mass is 9.85. The lowest BCUT2D eigenvalue weighted by molar-refractivity contribution is -0.136. The van der Waals surface area contributed by atoms with Crippen LogP contribution in [-0.2, 0) is 16.1 Å². The molecular formula is C22H22FN5O4. The summed E-state index contributed by atoms with van der Waals surface area (Å²) in [6.45, 7) is 1.24. The maximum Gasteiger partial charge on any atom is 0.271 e. The number of rotatable bonds is 3. The Labute approximate surface area is 183 Å². The second-order valence-electron chi connectivity index (χ2n) is 8.45. The van der Waals surface area contributed by atoms with Gasteiger partial charge in [0.2, 0.25) is 11.8 Å². The van der Waals surface area contributed by atoms with Crippen LogP contribution in [0, 0.1) is 5.82 Å². The monoisotopic (exact) mass is 439 g/mol. The Morgan fingerprint density at radius 2 is 1.91 bits per heavy atom. The number of benzene rings is 1. The molecular weight excluding hydrogens is 417 g/mol. The van der Waals surface area contributed by atoms with Crippen molar-refractivity contribution in [3.8, 4) is 0 Å².